The number of hydrogen-bond acceptors (Lipinski definition) is 4. The number of rotatable bonds is 6. The summed E-state index contributed by atoms with van der Waals surface area (Å²) in [6.45, 7) is 1.83. The minimum absolute atomic E-state index is 0.128. The van der Waals surface area contributed by atoms with Gasteiger partial charge in [-0.2, -0.15) is 0 Å². The van der Waals surface area contributed by atoms with Crippen LogP contribution in [0.25, 0.3) is 0 Å². The van der Waals surface area contributed by atoms with E-state index < -0.39 is 11.2 Å². The Kier molecular flexibility index (Phi) is 6.01. The highest BCUT2D eigenvalue weighted by Gasteiger charge is 2.23. The highest BCUT2D eigenvalue weighted by Crippen LogP contribution is 2.36. The first-order valence-electron chi connectivity index (χ1n) is 8.66. The van der Waals surface area contributed by atoms with Crippen molar-refractivity contribution in [3.8, 4) is 0 Å². The Bertz CT molecular complexity index is 988. The van der Waals surface area contributed by atoms with Gasteiger partial charge in [0, 0.05) is 16.3 Å². The van der Waals surface area contributed by atoms with E-state index in [1.54, 1.807) is 18.2 Å². The Balaban J connectivity index is 1.90. The van der Waals surface area contributed by atoms with Gasteiger partial charge in [-0.1, -0.05) is 36.4 Å². The summed E-state index contributed by atoms with van der Waals surface area (Å²) in [7, 11) is 0. The first-order valence-corrected chi connectivity index (χ1v) is 9.54. The topological polar surface area (TPSA) is 92.4 Å². The quantitative estimate of drug-likeness (QED) is 0.416. The summed E-state index contributed by atoms with van der Waals surface area (Å²) in [5.41, 5.74) is 8.68. The van der Waals surface area contributed by atoms with Crippen LogP contribution in [0.3, 0.4) is 0 Å². The fourth-order valence-corrected chi connectivity index (χ4v) is 3.70. The number of aromatic carboxylic acids is 1. The Morgan fingerprint density at radius 3 is 2.32 bits per heavy atom. The summed E-state index contributed by atoms with van der Waals surface area (Å²) in [4.78, 5) is 25.3. The summed E-state index contributed by atoms with van der Waals surface area (Å²) in [6, 6.07) is 21.5. The van der Waals surface area contributed by atoms with Crippen molar-refractivity contribution in [2.75, 3.05) is 11.1 Å². The number of carboxylic acids is 1. The van der Waals surface area contributed by atoms with E-state index in [1.165, 1.54) is 23.9 Å². The lowest BCUT2D eigenvalue weighted by Gasteiger charge is -2.18. The van der Waals surface area contributed by atoms with Crippen molar-refractivity contribution in [3.63, 3.8) is 0 Å². The maximum absolute atomic E-state index is 13.1. The van der Waals surface area contributed by atoms with Gasteiger partial charge in [0.25, 0.3) is 0 Å². The molecule has 0 radical (unpaired) electrons. The summed E-state index contributed by atoms with van der Waals surface area (Å²) < 4.78 is 0. The van der Waals surface area contributed by atoms with E-state index in [0.717, 1.165) is 16.0 Å². The van der Waals surface area contributed by atoms with Crippen LogP contribution in [-0.2, 0) is 4.79 Å². The predicted molar refractivity (Wildman–Crippen MR) is 113 cm³/mol. The van der Waals surface area contributed by atoms with Crippen LogP contribution in [-0.4, -0.2) is 17.0 Å². The molecule has 0 saturated carbocycles. The Labute approximate surface area is 167 Å². The largest absolute Gasteiger partial charge is 0.478 e. The first kappa shape index (κ1) is 19.5. The maximum Gasteiger partial charge on any atom is 0.335 e. The van der Waals surface area contributed by atoms with Gasteiger partial charge in [0.15, 0.2) is 0 Å². The van der Waals surface area contributed by atoms with Gasteiger partial charge in [0.1, 0.15) is 5.25 Å². The number of aryl methyl sites for hydroxylation is 1. The molecule has 0 heterocycles. The number of hydrogen-bond donors (Lipinski definition) is 3. The molecule has 0 aromatic heterocycles. The van der Waals surface area contributed by atoms with Crippen LogP contribution in [0.5, 0.6) is 0 Å². The minimum atomic E-state index is -1.04. The minimum Gasteiger partial charge on any atom is -0.478 e. The van der Waals surface area contributed by atoms with Crippen LogP contribution in [0.4, 0.5) is 11.4 Å². The SMILES string of the molecule is Cc1ccc(C(=O)O)cc1NC(=O)C(Sc1ccc(N)cc1)c1ccccc1. The van der Waals surface area contributed by atoms with Gasteiger partial charge < -0.3 is 16.2 Å². The number of thioether (sulfide) groups is 1. The molecule has 1 amide bonds. The Hall–Kier alpha value is -3.25. The summed E-state index contributed by atoms with van der Waals surface area (Å²) in [5, 5.41) is 11.6. The zero-order valence-electron chi connectivity index (χ0n) is 15.3. The fourth-order valence-electron chi connectivity index (χ4n) is 2.67. The number of carbonyl (C=O) groups excluding carboxylic acids is 1. The van der Waals surface area contributed by atoms with E-state index in [0.29, 0.717) is 11.4 Å². The molecule has 3 aromatic carbocycles. The predicted octanol–water partition coefficient (Wildman–Crippen LogP) is 4.75. The molecule has 0 saturated heterocycles. The number of benzene rings is 3. The van der Waals surface area contributed by atoms with E-state index in [4.69, 9.17) is 5.73 Å². The highest BCUT2D eigenvalue weighted by atomic mass is 32.2. The third kappa shape index (κ3) is 4.72. The number of nitrogen functional groups attached to an aromatic ring is 1. The normalized spacial score (nSPS) is 11.6. The van der Waals surface area contributed by atoms with E-state index in [9.17, 15) is 14.7 Å². The number of carbonyl (C=O) groups is 2. The number of nitrogens with two attached hydrogens (primary N) is 1. The van der Waals surface area contributed by atoms with E-state index >= 15 is 0 Å². The molecule has 3 aromatic rings. The van der Waals surface area contributed by atoms with E-state index in [1.807, 2.05) is 49.4 Å². The third-order valence-electron chi connectivity index (χ3n) is 4.22. The molecular weight excluding hydrogens is 372 g/mol. The summed E-state index contributed by atoms with van der Waals surface area (Å²) in [6.07, 6.45) is 0. The lowest BCUT2D eigenvalue weighted by Crippen LogP contribution is -2.20. The zero-order chi connectivity index (χ0) is 20.1. The van der Waals surface area contributed by atoms with Gasteiger partial charge in [-0.25, -0.2) is 4.79 Å². The van der Waals surface area contributed by atoms with Crippen molar-refractivity contribution in [3.05, 3.63) is 89.5 Å². The lowest BCUT2D eigenvalue weighted by molar-refractivity contribution is -0.115. The molecule has 0 aliphatic carbocycles. The summed E-state index contributed by atoms with van der Waals surface area (Å²) in [5.74, 6) is -1.26. The average Bonchev–Trinajstić information content (AvgIpc) is 2.69. The molecular formula is C22H20N2O3S. The van der Waals surface area contributed by atoms with Crippen LogP contribution in [0.15, 0.2) is 77.7 Å². The van der Waals surface area contributed by atoms with Gasteiger partial charge in [-0.3, -0.25) is 4.79 Å². The van der Waals surface area contributed by atoms with Gasteiger partial charge >= 0.3 is 5.97 Å². The number of anilines is 2. The van der Waals surface area contributed by atoms with Crippen LogP contribution in [0.1, 0.15) is 26.7 Å². The van der Waals surface area contributed by atoms with E-state index in [-0.39, 0.29) is 11.5 Å². The second-order valence-corrected chi connectivity index (χ2v) is 7.48. The lowest BCUT2D eigenvalue weighted by atomic mass is 10.1. The van der Waals surface area contributed by atoms with Crippen molar-refractivity contribution in [1.82, 2.24) is 0 Å². The second kappa shape index (κ2) is 8.63. The van der Waals surface area contributed by atoms with Crippen molar-refractivity contribution in [1.29, 1.82) is 0 Å². The molecule has 0 aliphatic rings. The average molecular weight is 392 g/mol. The molecule has 3 rings (SSSR count). The molecule has 0 spiro atoms. The number of amides is 1. The molecule has 142 valence electrons. The molecule has 4 N–H and O–H groups in total. The smallest absolute Gasteiger partial charge is 0.335 e. The molecule has 5 nitrogen and oxygen atoms in total. The van der Waals surface area contributed by atoms with Crippen molar-refractivity contribution >= 4 is 35.0 Å². The van der Waals surface area contributed by atoms with Crippen LogP contribution in [0.2, 0.25) is 0 Å². The monoisotopic (exact) mass is 392 g/mol. The fraction of sp³-hybridized carbons (Fsp3) is 0.0909. The third-order valence-corrected chi connectivity index (χ3v) is 5.48. The van der Waals surface area contributed by atoms with Crippen LogP contribution < -0.4 is 11.1 Å². The molecule has 6 heteroatoms. The van der Waals surface area contributed by atoms with Gasteiger partial charge in [0.2, 0.25) is 5.91 Å². The van der Waals surface area contributed by atoms with Crippen molar-refractivity contribution in [2.45, 2.75) is 17.1 Å². The second-order valence-electron chi connectivity index (χ2n) is 6.30. The molecule has 0 aliphatic heterocycles. The highest BCUT2D eigenvalue weighted by molar-refractivity contribution is 8.00. The first-order chi connectivity index (χ1) is 13.4. The van der Waals surface area contributed by atoms with Crippen molar-refractivity contribution in [2.24, 2.45) is 0 Å². The molecule has 1 atom stereocenters. The standard InChI is InChI=1S/C22H20N2O3S/c1-14-7-8-16(22(26)27)13-19(14)24-21(25)20(15-5-3-2-4-6-15)28-18-11-9-17(23)10-12-18/h2-13,20H,23H2,1H3,(H,24,25)(H,26,27). The molecule has 0 bridgehead atoms. The zero-order valence-corrected chi connectivity index (χ0v) is 16.1. The van der Waals surface area contributed by atoms with Gasteiger partial charge in [0.05, 0.1) is 5.56 Å². The number of carboxylic acid groups (broad SMARTS) is 1. The Morgan fingerprint density at radius 2 is 1.68 bits per heavy atom. The number of nitrogens with one attached hydrogen (secondary N) is 1. The van der Waals surface area contributed by atoms with E-state index in [2.05, 4.69) is 5.32 Å². The van der Waals surface area contributed by atoms with Crippen LogP contribution >= 0.6 is 11.8 Å². The molecule has 1 unspecified atom stereocenters. The van der Waals surface area contributed by atoms with Gasteiger partial charge in [-0.05, 0) is 54.4 Å². The summed E-state index contributed by atoms with van der Waals surface area (Å²) >= 11 is 1.41. The molecule has 28 heavy (non-hydrogen) atoms. The van der Waals surface area contributed by atoms with Crippen LogP contribution in [0, 0.1) is 6.92 Å². The maximum atomic E-state index is 13.1. The van der Waals surface area contributed by atoms with Gasteiger partial charge in [-0.15, -0.1) is 11.8 Å². The Morgan fingerprint density at radius 1 is 1.00 bits per heavy atom. The van der Waals surface area contributed by atoms with Crippen molar-refractivity contribution < 1.29 is 14.7 Å². The molecule has 0 fully saturated rings.